The van der Waals surface area contributed by atoms with Crippen LogP contribution in [0.25, 0.3) is 5.69 Å². The Morgan fingerprint density at radius 3 is 2.59 bits per heavy atom. The van der Waals surface area contributed by atoms with Gasteiger partial charge in [-0.15, -0.1) is 0 Å². The Kier molecular flexibility index (Phi) is 4.33. The number of aromatic nitrogens is 2. The first-order valence-corrected chi connectivity index (χ1v) is 8.57. The van der Waals surface area contributed by atoms with Crippen LogP contribution in [0.3, 0.4) is 0 Å². The number of anilines is 1. The van der Waals surface area contributed by atoms with Crippen molar-refractivity contribution < 1.29 is 14.3 Å². The molecule has 136 valence electrons. The van der Waals surface area contributed by atoms with Gasteiger partial charge in [0.05, 0.1) is 17.9 Å². The third-order valence-electron chi connectivity index (χ3n) is 4.39. The topological polar surface area (TPSA) is 76.5 Å². The Morgan fingerprint density at radius 2 is 1.81 bits per heavy atom. The zero-order valence-corrected chi connectivity index (χ0v) is 14.7. The quantitative estimate of drug-likeness (QED) is 0.773. The number of nitrogens with zero attached hydrogens (tertiary/aromatic N) is 3. The van der Waals surface area contributed by atoms with E-state index in [1.54, 1.807) is 42.2 Å². The van der Waals surface area contributed by atoms with Crippen molar-refractivity contribution in [2.45, 2.75) is 6.10 Å². The lowest BCUT2D eigenvalue weighted by Crippen LogP contribution is -2.50. The molecule has 0 saturated carbocycles. The van der Waals surface area contributed by atoms with E-state index in [1.807, 2.05) is 36.4 Å². The van der Waals surface area contributed by atoms with Crippen LogP contribution in [0.4, 0.5) is 5.69 Å². The maximum atomic E-state index is 13.1. The van der Waals surface area contributed by atoms with Gasteiger partial charge in [0.25, 0.3) is 11.8 Å². The van der Waals surface area contributed by atoms with Crippen molar-refractivity contribution in [3.05, 3.63) is 72.6 Å². The molecule has 1 N–H and O–H groups in total. The van der Waals surface area contributed by atoms with Gasteiger partial charge in [0.2, 0.25) is 0 Å². The van der Waals surface area contributed by atoms with E-state index < -0.39 is 6.10 Å². The summed E-state index contributed by atoms with van der Waals surface area (Å²) in [4.78, 5) is 26.7. The normalized spacial score (nSPS) is 15.6. The Bertz CT molecular complexity index is 984. The van der Waals surface area contributed by atoms with Crippen LogP contribution in [0, 0.1) is 0 Å². The van der Waals surface area contributed by atoms with Gasteiger partial charge < -0.3 is 10.1 Å². The predicted octanol–water partition coefficient (Wildman–Crippen LogP) is 2.03. The summed E-state index contributed by atoms with van der Waals surface area (Å²) in [6.07, 6.45) is 0.968. The molecule has 0 fully saturated rings. The van der Waals surface area contributed by atoms with Gasteiger partial charge in [-0.05, 0) is 30.3 Å². The number of fused-ring (bicyclic) bond motifs is 1. The zero-order valence-electron chi connectivity index (χ0n) is 14.7. The summed E-state index contributed by atoms with van der Waals surface area (Å²) in [5.41, 5.74) is 1.78. The fourth-order valence-corrected chi connectivity index (χ4v) is 3.03. The molecule has 4 rings (SSSR count). The highest BCUT2D eigenvalue weighted by Crippen LogP contribution is 2.34. The van der Waals surface area contributed by atoms with Crippen molar-refractivity contribution in [3.8, 4) is 11.4 Å². The van der Waals surface area contributed by atoms with Crippen molar-refractivity contribution >= 4 is 17.5 Å². The Balaban J connectivity index is 1.66. The van der Waals surface area contributed by atoms with Crippen LogP contribution in [-0.2, 0) is 4.79 Å². The van der Waals surface area contributed by atoms with Crippen LogP contribution in [0.2, 0.25) is 0 Å². The summed E-state index contributed by atoms with van der Waals surface area (Å²) in [6, 6.07) is 18.4. The number of amides is 2. The standard InChI is InChI=1S/C20H18N4O3/c1-21-19(25)18-13-23(16-9-5-6-10-17(16)27-18)20(26)15-11-12-24(22-15)14-7-3-2-4-8-14/h2-12,18H,13H2,1H3,(H,21,25)/t18-/m0/s1. The smallest absolute Gasteiger partial charge is 0.279 e. The third-order valence-corrected chi connectivity index (χ3v) is 4.39. The number of carbonyl (C=O) groups excluding carboxylic acids is 2. The lowest BCUT2D eigenvalue weighted by Gasteiger charge is -2.33. The average Bonchev–Trinajstić information content (AvgIpc) is 3.22. The number of hydrogen-bond acceptors (Lipinski definition) is 4. The van der Waals surface area contributed by atoms with Gasteiger partial charge in [-0.1, -0.05) is 30.3 Å². The van der Waals surface area contributed by atoms with Gasteiger partial charge in [0, 0.05) is 13.2 Å². The summed E-state index contributed by atoms with van der Waals surface area (Å²) in [7, 11) is 1.54. The Morgan fingerprint density at radius 1 is 1.07 bits per heavy atom. The molecule has 0 unspecified atom stereocenters. The molecule has 3 aromatic rings. The van der Waals surface area contributed by atoms with E-state index in [0.29, 0.717) is 17.1 Å². The second kappa shape index (κ2) is 6.95. The first kappa shape index (κ1) is 16.8. The number of benzene rings is 2. The first-order chi connectivity index (χ1) is 13.2. The maximum absolute atomic E-state index is 13.1. The average molecular weight is 362 g/mol. The van der Waals surface area contributed by atoms with Crippen LogP contribution in [0.5, 0.6) is 5.75 Å². The molecule has 1 aliphatic heterocycles. The number of ether oxygens (including phenoxy) is 1. The minimum Gasteiger partial charge on any atom is -0.477 e. The van der Waals surface area contributed by atoms with Gasteiger partial charge in [-0.25, -0.2) is 4.68 Å². The molecule has 2 amide bonds. The maximum Gasteiger partial charge on any atom is 0.279 e. The summed E-state index contributed by atoms with van der Waals surface area (Å²) in [6.45, 7) is 0.119. The number of carbonyl (C=O) groups is 2. The molecule has 2 aromatic carbocycles. The highest BCUT2D eigenvalue weighted by Gasteiger charge is 2.34. The number of para-hydroxylation sites is 3. The molecule has 2 heterocycles. The third kappa shape index (κ3) is 3.15. The van der Waals surface area contributed by atoms with E-state index in [9.17, 15) is 9.59 Å². The van der Waals surface area contributed by atoms with Crippen molar-refractivity contribution in [2.75, 3.05) is 18.5 Å². The van der Waals surface area contributed by atoms with Crippen LogP contribution in [0.1, 0.15) is 10.5 Å². The molecule has 0 aliphatic carbocycles. The van der Waals surface area contributed by atoms with E-state index >= 15 is 0 Å². The van der Waals surface area contributed by atoms with Crippen molar-refractivity contribution in [1.29, 1.82) is 0 Å². The molecule has 0 bridgehead atoms. The fourth-order valence-electron chi connectivity index (χ4n) is 3.03. The van der Waals surface area contributed by atoms with Crippen LogP contribution in [-0.4, -0.2) is 41.3 Å². The Hall–Kier alpha value is -3.61. The second-order valence-electron chi connectivity index (χ2n) is 6.09. The molecular weight excluding hydrogens is 344 g/mol. The van der Waals surface area contributed by atoms with Crippen molar-refractivity contribution in [1.82, 2.24) is 15.1 Å². The zero-order chi connectivity index (χ0) is 18.8. The van der Waals surface area contributed by atoms with Gasteiger partial charge >= 0.3 is 0 Å². The monoisotopic (exact) mass is 362 g/mol. The van der Waals surface area contributed by atoms with E-state index in [0.717, 1.165) is 5.69 Å². The number of rotatable bonds is 3. The summed E-state index contributed by atoms with van der Waals surface area (Å²) in [5, 5.41) is 6.97. The fraction of sp³-hybridized carbons (Fsp3) is 0.150. The number of hydrogen-bond donors (Lipinski definition) is 1. The van der Waals surface area contributed by atoms with Gasteiger partial charge in [-0.2, -0.15) is 5.10 Å². The highest BCUT2D eigenvalue weighted by molar-refractivity contribution is 6.06. The van der Waals surface area contributed by atoms with Crippen LogP contribution in [0.15, 0.2) is 66.9 Å². The van der Waals surface area contributed by atoms with E-state index in [1.165, 1.54) is 4.90 Å². The summed E-state index contributed by atoms with van der Waals surface area (Å²) >= 11 is 0. The first-order valence-electron chi connectivity index (χ1n) is 8.57. The van der Waals surface area contributed by atoms with Crippen LogP contribution >= 0.6 is 0 Å². The summed E-state index contributed by atoms with van der Waals surface area (Å²) < 4.78 is 7.39. The molecule has 7 heteroatoms. The molecule has 1 atom stereocenters. The molecule has 1 aromatic heterocycles. The molecule has 7 nitrogen and oxygen atoms in total. The SMILES string of the molecule is CNC(=O)[C@@H]1CN(C(=O)c2ccn(-c3ccccc3)n2)c2ccccc2O1. The predicted molar refractivity (Wildman–Crippen MR) is 100 cm³/mol. The second-order valence-corrected chi connectivity index (χ2v) is 6.09. The lowest BCUT2D eigenvalue weighted by molar-refractivity contribution is -0.127. The van der Waals surface area contributed by atoms with E-state index in [4.69, 9.17) is 4.74 Å². The molecule has 0 spiro atoms. The van der Waals surface area contributed by atoms with E-state index in [-0.39, 0.29) is 18.4 Å². The molecular formula is C20H18N4O3. The van der Waals surface area contributed by atoms with Crippen LogP contribution < -0.4 is 15.0 Å². The lowest BCUT2D eigenvalue weighted by atomic mass is 10.1. The number of nitrogens with one attached hydrogen (secondary N) is 1. The van der Waals surface area contributed by atoms with E-state index in [2.05, 4.69) is 10.4 Å². The molecule has 27 heavy (non-hydrogen) atoms. The molecule has 0 saturated heterocycles. The number of likely N-dealkylation sites (N-methyl/N-ethyl adjacent to an activating group) is 1. The Labute approximate surface area is 156 Å². The summed E-state index contributed by atoms with van der Waals surface area (Å²) in [5.74, 6) is -0.0698. The largest absolute Gasteiger partial charge is 0.477 e. The van der Waals surface area contributed by atoms with Gasteiger partial charge in [0.15, 0.2) is 11.8 Å². The van der Waals surface area contributed by atoms with Gasteiger partial charge in [0.1, 0.15) is 5.75 Å². The minimum absolute atomic E-state index is 0.119. The minimum atomic E-state index is -0.773. The van der Waals surface area contributed by atoms with Gasteiger partial charge in [-0.3, -0.25) is 14.5 Å². The molecule has 0 radical (unpaired) electrons. The highest BCUT2D eigenvalue weighted by atomic mass is 16.5. The molecule has 1 aliphatic rings. The van der Waals surface area contributed by atoms with Crippen molar-refractivity contribution in [2.24, 2.45) is 0 Å². The van der Waals surface area contributed by atoms with Crippen molar-refractivity contribution in [3.63, 3.8) is 0 Å².